The van der Waals surface area contributed by atoms with Crippen LogP contribution in [0.3, 0.4) is 0 Å². The molecule has 4 nitrogen and oxygen atoms in total. The first-order valence-electron chi connectivity index (χ1n) is 4.20. The normalized spacial score (nSPS) is 9.80. The van der Waals surface area contributed by atoms with Crippen LogP contribution in [0.2, 0.25) is 0 Å². The fourth-order valence-electron chi connectivity index (χ4n) is 1.21. The van der Waals surface area contributed by atoms with E-state index in [1.165, 1.54) is 20.3 Å². The van der Waals surface area contributed by atoms with E-state index in [4.69, 9.17) is 14.6 Å². The zero-order valence-electron chi connectivity index (χ0n) is 8.41. The Labute approximate surface area is 86.2 Å². The van der Waals surface area contributed by atoms with Crippen molar-refractivity contribution in [2.45, 2.75) is 6.42 Å². The first-order chi connectivity index (χ1) is 7.08. The van der Waals surface area contributed by atoms with Crippen molar-refractivity contribution >= 4 is 5.97 Å². The lowest BCUT2D eigenvalue weighted by Gasteiger charge is -2.09. The summed E-state index contributed by atoms with van der Waals surface area (Å²) in [5.41, 5.74) is 0.0193. The van der Waals surface area contributed by atoms with Gasteiger partial charge in [0, 0.05) is 17.7 Å². The molecule has 0 saturated heterocycles. The largest absolute Gasteiger partial charge is 0.497 e. The standard InChI is InChI=1S/C10H11FO4/c1-14-6-3-8(11)7(5-10(12)13)9(4-6)15-2/h3-4H,5H2,1-2H3,(H,12,13). The number of rotatable bonds is 4. The number of ether oxygens (including phenoxy) is 2. The Morgan fingerprint density at radius 2 is 2.07 bits per heavy atom. The van der Waals surface area contributed by atoms with Crippen LogP contribution in [0, 0.1) is 5.82 Å². The van der Waals surface area contributed by atoms with Gasteiger partial charge in [-0.3, -0.25) is 4.79 Å². The third-order valence-corrected chi connectivity index (χ3v) is 1.91. The van der Waals surface area contributed by atoms with E-state index in [-0.39, 0.29) is 11.3 Å². The number of carboxylic acids is 1. The summed E-state index contributed by atoms with van der Waals surface area (Å²) < 4.78 is 23.1. The highest BCUT2D eigenvalue weighted by molar-refractivity contribution is 5.71. The lowest BCUT2D eigenvalue weighted by atomic mass is 10.1. The number of carbonyl (C=O) groups is 1. The maximum atomic E-state index is 13.4. The van der Waals surface area contributed by atoms with Crippen LogP contribution < -0.4 is 9.47 Å². The van der Waals surface area contributed by atoms with Gasteiger partial charge < -0.3 is 14.6 Å². The van der Waals surface area contributed by atoms with E-state index in [1.54, 1.807) is 0 Å². The summed E-state index contributed by atoms with van der Waals surface area (Å²) >= 11 is 0. The minimum absolute atomic E-state index is 0.0193. The Hall–Kier alpha value is -1.78. The summed E-state index contributed by atoms with van der Waals surface area (Å²) in [5, 5.41) is 8.58. The molecule has 82 valence electrons. The van der Waals surface area contributed by atoms with Crippen molar-refractivity contribution in [3.8, 4) is 11.5 Å². The predicted octanol–water partition coefficient (Wildman–Crippen LogP) is 1.47. The van der Waals surface area contributed by atoms with Crippen LogP contribution in [0.15, 0.2) is 12.1 Å². The molecule has 0 aliphatic carbocycles. The number of methoxy groups -OCH3 is 2. The van der Waals surface area contributed by atoms with Crippen LogP contribution in [-0.4, -0.2) is 25.3 Å². The Morgan fingerprint density at radius 1 is 1.40 bits per heavy atom. The second kappa shape index (κ2) is 4.63. The molecule has 1 aromatic carbocycles. The minimum atomic E-state index is -1.11. The molecular weight excluding hydrogens is 203 g/mol. The summed E-state index contributed by atoms with van der Waals surface area (Å²) in [6.45, 7) is 0. The first-order valence-corrected chi connectivity index (χ1v) is 4.20. The van der Waals surface area contributed by atoms with Crippen molar-refractivity contribution in [3.63, 3.8) is 0 Å². The van der Waals surface area contributed by atoms with Gasteiger partial charge in [-0.05, 0) is 0 Å². The number of aliphatic carboxylic acids is 1. The molecule has 1 aromatic rings. The molecular formula is C10H11FO4. The van der Waals surface area contributed by atoms with Crippen LogP contribution in [0.5, 0.6) is 11.5 Å². The monoisotopic (exact) mass is 214 g/mol. The zero-order chi connectivity index (χ0) is 11.4. The molecule has 0 atom stereocenters. The summed E-state index contributed by atoms with van der Waals surface area (Å²) in [6.07, 6.45) is -0.418. The highest BCUT2D eigenvalue weighted by Gasteiger charge is 2.15. The number of hydrogen-bond donors (Lipinski definition) is 1. The number of benzene rings is 1. The molecule has 0 heterocycles. The van der Waals surface area contributed by atoms with E-state index >= 15 is 0 Å². The van der Waals surface area contributed by atoms with Crippen molar-refractivity contribution in [2.24, 2.45) is 0 Å². The lowest BCUT2D eigenvalue weighted by molar-refractivity contribution is -0.136. The smallest absolute Gasteiger partial charge is 0.308 e. The molecule has 0 bridgehead atoms. The quantitative estimate of drug-likeness (QED) is 0.824. The zero-order valence-corrected chi connectivity index (χ0v) is 8.41. The molecule has 1 rings (SSSR count). The van der Waals surface area contributed by atoms with Crippen LogP contribution in [-0.2, 0) is 11.2 Å². The van der Waals surface area contributed by atoms with Gasteiger partial charge in [0.05, 0.1) is 20.6 Å². The Balaban J connectivity index is 3.18. The van der Waals surface area contributed by atoms with E-state index in [2.05, 4.69) is 0 Å². The van der Waals surface area contributed by atoms with Crippen molar-refractivity contribution in [2.75, 3.05) is 14.2 Å². The lowest BCUT2D eigenvalue weighted by Crippen LogP contribution is -2.05. The van der Waals surface area contributed by atoms with Crippen LogP contribution in [0.4, 0.5) is 4.39 Å². The topological polar surface area (TPSA) is 55.8 Å². The number of hydrogen-bond acceptors (Lipinski definition) is 3. The second-order valence-corrected chi connectivity index (χ2v) is 2.86. The highest BCUT2D eigenvalue weighted by Crippen LogP contribution is 2.28. The van der Waals surface area contributed by atoms with Gasteiger partial charge in [-0.2, -0.15) is 0 Å². The van der Waals surface area contributed by atoms with Crippen molar-refractivity contribution in [1.82, 2.24) is 0 Å². The van der Waals surface area contributed by atoms with Gasteiger partial charge in [0.15, 0.2) is 0 Å². The van der Waals surface area contributed by atoms with E-state index in [0.29, 0.717) is 5.75 Å². The molecule has 1 N–H and O–H groups in total. The van der Waals surface area contributed by atoms with E-state index < -0.39 is 18.2 Å². The van der Waals surface area contributed by atoms with E-state index in [1.807, 2.05) is 0 Å². The van der Waals surface area contributed by atoms with Crippen LogP contribution in [0.25, 0.3) is 0 Å². The van der Waals surface area contributed by atoms with Gasteiger partial charge in [0.25, 0.3) is 0 Å². The molecule has 0 aliphatic heterocycles. The van der Waals surface area contributed by atoms with E-state index in [9.17, 15) is 9.18 Å². The molecule has 0 spiro atoms. The minimum Gasteiger partial charge on any atom is -0.497 e. The predicted molar refractivity (Wildman–Crippen MR) is 50.8 cm³/mol. The Bertz CT molecular complexity index is 376. The van der Waals surface area contributed by atoms with E-state index in [0.717, 1.165) is 6.07 Å². The molecule has 0 amide bonds. The Kier molecular flexibility index (Phi) is 3.49. The molecule has 0 unspecified atom stereocenters. The summed E-state index contributed by atoms with van der Waals surface area (Å²) in [4.78, 5) is 10.5. The van der Waals surface area contributed by atoms with Crippen molar-refractivity contribution in [1.29, 1.82) is 0 Å². The molecule has 15 heavy (non-hydrogen) atoms. The van der Waals surface area contributed by atoms with Crippen LogP contribution in [0.1, 0.15) is 5.56 Å². The van der Waals surface area contributed by atoms with Gasteiger partial charge in [0.2, 0.25) is 0 Å². The average molecular weight is 214 g/mol. The fourth-order valence-corrected chi connectivity index (χ4v) is 1.21. The molecule has 0 aromatic heterocycles. The maximum absolute atomic E-state index is 13.4. The molecule has 0 radical (unpaired) electrons. The summed E-state index contributed by atoms with van der Waals surface area (Å²) in [5.74, 6) is -1.29. The third-order valence-electron chi connectivity index (χ3n) is 1.91. The van der Waals surface area contributed by atoms with Crippen molar-refractivity contribution < 1.29 is 23.8 Å². The second-order valence-electron chi connectivity index (χ2n) is 2.86. The van der Waals surface area contributed by atoms with Crippen molar-refractivity contribution in [3.05, 3.63) is 23.5 Å². The molecule has 0 fully saturated rings. The van der Waals surface area contributed by atoms with Gasteiger partial charge in [-0.1, -0.05) is 0 Å². The van der Waals surface area contributed by atoms with Gasteiger partial charge in [-0.15, -0.1) is 0 Å². The maximum Gasteiger partial charge on any atom is 0.308 e. The van der Waals surface area contributed by atoms with Gasteiger partial charge in [-0.25, -0.2) is 4.39 Å². The molecule has 5 heteroatoms. The van der Waals surface area contributed by atoms with Gasteiger partial charge >= 0.3 is 5.97 Å². The summed E-state index contributed by atoms with van der Waals surface area (Å²) in [7, 11) is 2.74. The summed E-state index contributed by atoms with van der Waals surface area (Å²) in [6, 6.07) is 2.57. The van der Waals surface area contributed by atoms with Gasteiger partial charge in [0.1, 0.15) is 17.3 Å². The Morgan fingerprint density at radius 3 is 2.53 bits per heavy atom. The van der Waals surface area contributed by atoms with Crippen LogP contribution >= 0.6 is 0 Å². The first kappa shape index (κ1) is 11.3. The highest BCUT2D eigenvalue weighted by atomic mass is 19.1. The number of halogens is 1. The number of carboxylic acid groups (broad SMARTS) is 1. The third kappa shape index (κ3) is 2.59. The SMILES string of the molecule is COc1cc(F)c(CC(=O)O)c(OC)c1. The average Bonchev–Trinajstić information content (AvgIpc) is 2.20. The molecule has 0 saturated carbocycles. The molecule has 0 aliphatic rings. The fraction of sp³-hybridized carbons (Fsp3) is 0.300.